The highest BCUT2D eigenvalue weighted by Gasteiger charge is 2.31. The Balaban J connectivity index is 1.52. The maximum Gasteiger partial charge on any atom is 0.416 e. The molecule has 10 heteroatoms. The molecule has 34 heavy (non-hydrogen) atoms. The van der Waals surface area contributed by atoms with Crippen molar-refractivity contribution in [2.75, 3.05) is 36.5 Å². The van der Waals surface area contributed by atoms with Crippen LogP contribution in [0.25, 0.3) is 17.4 Å². The monoisotopic (exact) mass is 510 g/mol. The predicted octanol–water partition coefficient (Wildman–Crippen LogP) is 6.76. The Morgan fingerprint density at radius 3 is 2.38 bits per heavy atom. The van der Waals surface area contributed by atoms with Crippen molar-refractivity contribution < 1.29 is 27.1 Å². The van der Waals surface area contributed by atoms with Crippen LogP contribution in [0.4, 0.5) is 24.5 Å². The number of nitrogens with one attached hydrogen (secondary N) is 1. The van der Waals surface area contributed by atoms with Gasteiger partial charge in [-0.25, -0.2) is 0 Å². The third-order valence-corrected chi connectivity index (χ3v) is 5.54. The summed E-state index contributed by atoms with van der Waals surface area (Å²) in [5, 5.41) is 3.46. The van der Waals surface area contributed by atoms with E-state index in [1.54, 1.807) is 30.3 Å². The van der Waals surface area contributed by atoms with Gasteiger partial charge in [0, 0.05) is 34.8 Å². The lowest BCUT2D eigenvalue weighted by atomic mass is 10.1. The number of anilines is 2. The minimum atomic E-state index is -4.54. The second kappa shape index (κ2) is 10.1. The standard InChI is InChI=1S/C24H19Cl2F3N2O3/c25-17-11-15(12-18(26)14-17)22-5-2-19(34-22)3-6-23(32)30-20-13-16(24(27,28)29)1-4-21(20)31-7-9-33-10-8-31/h1-6,11-14H,7-10H2,(H,30,32)/b6-3+. The van der Waals surface area contributed by atoms with Gasteiger partial charge in [-0.2, -0.15) is 13.2 Å². The van der Waals surface area contributed by atoms with Crippen LogP contribution in [0.1, 0.15) is 11.3 Å². The lowest BCUT2D eigenvalue weighted by Gasteiger charge is -2.30. The Morgan fingerprint density at radius 1 is 1.00 bits per heavy atom. The molecule has 0 unspecified atom stereocenters. The van der Waals surface area contributed by atoms with Crippen molar-refractivity contribution in [1.29, 1.82) is 0 Å². The molecule has 178 valence electrons. The van der Waals surface area contributed by atoms with Gasteiger partial charge >= 0.3 is 6.18 Å². The molecule has 0 radical (unpaired) electrons. The summed E-state index contributed by atoms with van der Waals surface area (Å²) in [5.74, 6) is 0.271. The van der Waals surface area contributed by atoms with Crippen molar-refractivity contribution in [3.63, 3.8) is 0 Å². The molecule has 1 saturated heterocycles. The number of halogens is 5. The zero-order valence-electron chi connectivity index (χ0n) is 17.7. The van der Waals surface area contributed by atoms with Gasteiger partial charge in [-0.05, 0) is 54.6 Å². The lowest BCUT2D eigenvalue weighted by Crippen LogP contribution is -2.36. The minimum Gasteiger partial charge on any atom is -0.457 e. The van der Waals surface area contributed by atoms with Gasteiger partial charge in [0.05, 0.1) is 30.2 Å². The number of ether oxygens (including phenoxy) is 1. The Morgan fingerprint density at radius 2 is 1.71 bits per heavy atom. The van der Waals surface area contributed by atoms with Crippen molar-refractivity contribution in [1.82, 2.24) is 0 Å². The van der Waals surface area contributed by atoms with Gasteiger partial charge < -0.3 is 19.4 Å². The number of rotatable bonds is 5. The Labute approximate surface area is 203 Å². The van der Waals surface area contributed by atoms with E-state index in [1.165, 1.54) is 18.2 Å². The summed E-state index contributed by atoms with van der Waals surface area (Å²) >= 11 is 12.0. The van der Waals surface area contributed by atoms with E-state index in [-0.39, 0.29) is 5.69 Å². The topological polar surface area (TPSA) is 54.7 Å². The normalized spacial score (nSPS) is 14.6. The highest BCUT2D eigenvalue weighted by atomic mass is 35.5. The Kier molecular flexibility index (Phi) is 7.21. The largest absolute Gasteiger partial charge is 0.457 e. The summed E-state index contributed by atoms with van der Waals surface area (Å²) in [4.78, 5) is 14.4. The van der Waals surface area contributed by atoms with E-state index in [9.17, 15) is 18.0 Å². The molecule has 0 aliphatic carbocycles. The van der Waals surface area contributed by atoms with Gasteiger partial charge in [-0.1, -0.05) is 23.2 Å². The third-order valence-electron chi connectivity index (χ3n) is 5.11. The van der Waals surface area contributed by atoms with Crippen molar-refractivity contribution in [3.05, 3.63) is 76.0 Å². The summed E-state index contributed by atoms with van der Waals surface area (Å²) in [6, 6.07) is 11.6. The van der Waals surface area contributed by atoms with Gasteiger partial charge in [0.15, 0.2) is 0 Å². The molecule has 0 atom stereocenters. The molecule has 4 rings (SSSR count). The first-order valence-electron chi connectivity index (χ1n) is 10.3. The smallest absolute Gasteiger partial charge is 0.416 e. The van der Waals surface area contributed by atoms with Gasteiger partial charge in [-0.15, -0.1) is 0 Å². The average Bonchev–Trinajstić information content (AvgIpc) is 3.26. The number of nitrogens with zero attached hydrogens (tertiary/aromatic N) is 1. The summed E-state index contributed by atoms with van der Waals surface area (Å²) in [6.45, 7) is 1.92. The summed E-state index contributed by atoms with van der Waals surface area (Å²) < 4.78 is 50.8. The first kappa shape index (κ1) is 24.2. The van der Waals surface area contributed by atoms with Crippen LogP contribution in [-0.4, -0.2) is 32.2 Å². The summed E-state index contributed by atoms with van der Waals surface area (Å²) in [5.41, 5.74) is 0.386. The van der Waals surface area contributed by atoms with E-state index in [1.807, 2.05) is 4.90 Å². The van der Waals surface area contributed by atoms with Crippen LogP contribution in [0, 0.1) is 0 Å². The maximum absolute atomic E-state index is 13.3. The van der Waals surface area contributed by atoms with Crippen molar-refractivity contribution >= 4 is 46.6 Å². The number of carbonyl (C=O) groups is 1. The molecule has 1 N–H and O–H groups in total. The van der Waals surface area contributed by atoms with E-state index >= 15 is 0 Å². The van der Waals surface area contributed by atoms with E-state index in [4.69, 9.17) is 32.4 Å². The molecule has 1 aliphatic heterocycles. The number of furan rings is 1. The molecule has 2 heterocycles. The van der Waals surface area contributed by atoms with Crippen LogP contribution in [-0.2, 0) is 15.7 Å². The molecule has 2 aromatic carbocycles. The predicted molar refractivity (Wildman–Crippen MR) is 126 cm³/mol. The number of hydrogen-bond acceptors (Lipinski definition) is 4. The fraction of sp³-hybridized carbons (Fsp3) is 0.208. The molecule has 1 fully saturated rings. The van der Waals surface area contributed by atoms with E-state index in [2.05, 4.69) is 5.32 Å². The van der Waals surface area contributed by atoms with Crippen LogP contribution < -0.4 is 10.2 Å². The zero-order valence-corrected chi connectivity index (χ0v) is 19.2. The average molecular weight is 511 g/mol. The highest BCUT2D eigenvalue weighted by molar-refractivity contribution is 6.35. The fourth-order valence-corrected chi connectivity index (χ4v) is 4.04. The number of benzene rings is 2. The number of alkyl halides is 3. The van der Waals surface area contributed by atoms with Crippen molar-refractivity contribution in [2.24, 2.45) is 0 Å². The molecular formula is C24H19Cl2F3N2O3. The lowest BCUT2D eigenvalue weighted by molar-refractivity contribution is -0.137. The van der Waals surface area contributed by atoms with Crippen molar-refractivity contribution in [2.45, 2.75) is 6.18 Å². The summed E-state index contributed by atoms with van der Waals surface area (Å²) in [7, 11) is 0. The van der Waals surface area contributed by atoms with Gasteiger partial charge in [0.25, 0.3) is 0 Å². The number of amides is 1. The third kappa shape index (κ3) is 5.94. The number of hydrogen-bond donors (Lipinski definition) is 1. The maximum atomic E-state index is 13.3. The molecule has 1 amide bonds. The first-order chi connectivity index (χ1) is 16.2. The van der Waals surface area contributed by atoms with Gasteiger partial charge in [-0.3, -0.25) is 4.79 Å². The molecule has 1 aromatic heterocycles. The molecule has 3 aromatic rings. The van der Waals surface area contributed by atoms with Gasteiger partial charge in [0.1, 0.15) is 11.5 Å². The van der Waals surface area contributed by atoms with E-state index < -0.39 is 17.6 Å². The highest BCUT2D eigenvalue weighted by Crippen LogP contribution is 2.36. The van der Waals surface area contributed by atoms with Gasteiger partial charge in [0.2, 0.25) is 5.91 Å². The SMILES string of the molecule is O=C(/C=C/c1ccc(-c2cc(Cl)cc(Cl)c2)o1)Nc1cc(C(F)(F)F)ccc1N1CCOCC1. The molecule has 1 aliphatic rings. The second-order valence-corrected chi connectivity index (χ2v) is 8.38. The molecule has 0 saturated carbocycles. The van der Waals surface area contributed by atoms with Crippen LogP contribution in [0.3, 0.4) is 0 Å². The zero-order chi connectivity index (χ0) is 24.3. The molecule has 0 bridgehead atoms. The van der Waals surface area contributed by atoms with Crippen molar-refractivity contribution in [3.8, 4) is 11.3 Å². The second-order valence-electron chi connectivity index (χ2n) is 7.51. The quantitative estimate of drug-likeness (QED) is 0.385. The van der Waals surface area contributed by atoms with Crippen LogP contribution in [0.2, 0.25) is 10.0 Å². The van der Waals surface area contributed by atoms with Crippen LogP contribution in [0.5, 0.6) is 0 Å². The first-order valence-corrected chi connectivity index (χ1v) is 11.0. The minimum absolute atomic E-state index is 0.0695. The summed E-state index contributed by atoms with van der Waals surface area (Å²) in [6.07, 6.45) is -1.92. The van der Waals surface area contributed by atoms with Crippen LogP contribution in [0.15, 0.2) is 59.0 Å². The Bertz CT molecular complexity index is 1200. The Hall–Kier alpha value is -2.94. The molecular weight excluding hydrogens is 492 g/mol. The molecule has 5 nitrogen and oxygen atoms in total. The number of carbonyl (C=O) groups excluding carboxylic acids is 1. The fourth-order valence-electron chi connectivity index (χ4n) is 3.52. The van der Waals surface area contributed by atoms with E-state index in [0.29, 0.717) is 59.1 Å². The van der Waals surface area contributed by atoms with E-state index in [0.717, 1.165) is 12.1 Å². The molecule has 0 spiro atoms. The van der Waals surface area contributed by atoms with Crippen LogP contribution >= 0.6 is 23.2 Å². The number of morpholine rings is 1.